The highest BCUT2D eigenvalue weighted by molar-refractivity contribution is 6.33. The summed E-state index contributed by atoms with van der Waals surface area (Å²) in [6.07, 6.45) is 6.43. The third kappa shape index (κ3) is 2.96. The lowest BCUT2D eigenvalue weighted by atomic mass is 10.1. The molecule has 1 aliphatic heterocycles. The van der Waals surface area contributed by atoms with Gasteiger partial charge in [0.15, 0.2) is 0 Å². The minimum absolute atomic E-state index is 0.605. The van der Waals surface area contributed by atoms with Crippen molar-refractivity contribution in [1.29, 1.82) is 0 Å². The number of rotatable bonds is 5. The van der Waals surface area contributed by atoms with E-state index in [9.17, 15) is 0 Å². The minimum atomic E-state index is 0.605. The summed E-state index contributed by atoms with van der Waals surface area (Å²) in [5.41, 5.74) is 2.52. The van der Waals surface area contributed by atoms with E-state index in [1.165, 1.54) is 43.4 Å². The van der Waals surface area contributed by atoms with Crippen molar-refractivity contribution in [2.75, 3.05) is 4.90 Å². The molecule has 2 fully saturated rings. The van der Waals surface area contributed by atoms with Crippen molar-refractivity contribution in [3.63, 3.8) is 0 Å². The van der Waals surface area contributed by atoms with Crippen molar-refractivity contribution in [2.24, 2.45) is 0 Å². The second-order valence-corrected chi connectivity index (χ2v) is 6.74. The summed E-state index contributed by atoms with van der Waals surface area (Å²) >= 11 is 6.56. The normalized spacial score (nSPS) is 26.2. The van der Waals surface area contributed by atoms with Crippen LogP contribution in [0.25, 0.3) is 0 Å². The lowest BCUT2D eigenvalue weighted by molar-refractivity contribution is 0.627. The number of nitrogens with one attached hydrogen (secondary N) is 1. The average molecular weight is 293 g/mol. The maximum Gasteiger partial charge on any atom is 0.0642 e. The molecule has 1 aromatic carbocycles. The maximum absolute atomic E-state index is 6.56. The molecular weight excluding hydrogens is 268 g/mol. The van der Waals surface area contributed by atoms with Gasteiger partial charge in [-0.1, -0.05) is 24.6 Å². The lowest BCUT2D eigenvalue weighted by Crippen LogP contribution is -2.34. The number of nitrogens with zero attached hydrogens (tertiary/aromatic N) is 1. The van der Waals surface area contributed by atoms with Crippen molar-refractivity contribution in [1.82, 2.24) is 5.32 Å². The molecule has 1 aromatic rings. The Bertz CT molecular complexity index is 470. The Morgan fingerprint density at radius 1 is 1.25 bits per heavy atom. The summed E-state index contributed by atoms with van der Waals surface area (Å²) in [4.78, 5) is 2.53. The Morgan fingerprint density at radius 2 is 2.05 bits per heavy atom. The van der Waals surface area contributed by atoms with Crippen molar-refractivity contribution in [3.05, 3.63) is 28.8 Å². The fraction of sp³-hybridized carbons (Fsp3) is 0.647. The van der Waals surface area contributed by atoms with E-state index in [1.54, 1.807) is 0 Å². The molecule has 1 N–H and O–H groups in total. The molecule has 2 nitrogen and oxygen atoms in total. The van der Waals surface area contributed by atoms with E-state index >= 15 is 0 Å². The Hall–Kier alpha value is -0.730. The largest absolute Gasteiger partial charge is 0.365 e. The Morgan fingerprint density at radius 3 is 2.70 bits per heavy atom. The molecule has 0 radical (unpaired) electrons. The van der Waals surface area contributed by atoms with Crippen LogP contribution in [0.5, 0.6) is 0 Å². The molecule has 2 unspecified atom stereocenters. The highest BCUT2D eigenvalue weighted by atomic mass is 35.5. The first kappa shape index (κ1) is 14.2. The molecule has 2 aliphatic rings. The molecule has 0 bridgehead atoms. The van der Waals surface area contributed by atoms with Crippen LogP contribution in [0.4, 0.5) is 5.69 Å². The fourth-order valence-electron chi connectivity index (χ4n) is 3.33. The second kappa shape index (κ2) is 5.95. The van der Waals surface area contributed by atoms with Gasteiger partial charge in [0.2, 0.25) is 0 Å². The molecule has 1 heterocycles. The van der Waals surface area contributed by atoms with Crippen LogP contribution in [0, 0.1) is 0 Å². The molecule has 110 valence electrons. The van der Waals surface area contributed by atoms with Gasteiger partial charge in [-0.25, -0.2) is 0 Å². The van der Waals surface area contributed by atoms with Crippen LogP contribution >= 0.6 is 11.6 Å². The van der Waals surface area contributed by atoms with Crippen LogP contribution in [-0.2, 0) is 6.54 Å². The summed E-state index contributed by atoms with van der Waals surface area (Å²) in [6.45, 7) is 5.53. The van der Waals surface area contributed by atoms with Gasteiger partial charge in [0.1, 0.15) is 0 Å². The van der Waals surface area contributed by atoms with Gasteiger partial charge in [-0.3, -0.25) is 0 Å². The summed E-state index contributed by atoms with van der Waals surface area (Å²) in [6, 6.07) is 8.59. The van der Waals surface area contributed by atoms with Crippen LogP contribution in [0.3, 0.4) is 0 Å². The molecule has 2 atom stereocenters. The van der Waals surface area contributed by atoms with Gasteiger partial charge >= 0.3 is 0 Å². The summed E-state index contributed by atoms with van der Waals surface area (Å²) in [5.74, 6) is 0. The topological polar surface area (TPSA) is 15.3 Å². The first-order valence-corrected chi connectivity index (χ1v) is 8.37. The highest BCUT2D eigenvalue weighted by Gasteiger charge is 2.30. The number of halogens is 1. The van der Waals surface area contributed by atoms with Gasteiger partial charge < -0.3 is 10.2 Å². The lowest BCUT2D eigenvalue weighted by Gasteiger charge is -2.31. The van der Waals surface area contributed by atoms with Crippen LogP contribution in [0.1, 0.15) is 51.5 Å². The molecule has 0 amide bonds. The van der Waals surface area contributed by atoms with E-state index < -0.39 is 0 Å². The van der Waals surface area contributed by atoms with Crippen LogP contribution in [0.2, 0.25) is 5.02 Å². The van der Waals surface area contributed by atoms with Gasteiger partial charge in [-0.2, -0.15) is 0 Å². The predicted octanol–water partition coefficient (Wildman–Crippen LogP) is 4.36. The number of hydrogen-bond donors (Lipinski definition) is 1. The first-order valence-electron chi connectivity index (χ1n) is 7.99. The minimum Gasteiger partial charge on any atom is -0.365 e. The first-order chi connectivity index (χ1) is 9.69. The zero-order chi connectivity index (χ0) is 14.1. The van der Waals surface area contributed by atoms with Crippen molar-refractivity contribution in [3.8, 4) is 0 Å². The van der Waals surface area contributed by atoms with E-state index in [2.05, 4.69) is 42.3 Å². The smallest absolute Gasteiger partial charge is 0.0642 e. The highest BCUT2D eigenvalue weighted by Crippen LogP contribution is 2.36. The van der Waals surface area contributed by atoms with E-state index in [0.29, 0.717) is 12.1 Å². The number of anilines is 1. The molecule has 1 aliphatic carbocycles. The summed E-state index contributed by atoms with van der Waals surface area (Å²) < 4.78 is 0. The van der Waals surface area contributed by atoms with Crippen molar-refractivity contribution in [2.45, 2.75) is 70.6 Å². The average Bonchev–Trinajstić information content (AvgIpc) is 3.20. The van der Waals surface area contributed by atoms with Crippen molar-refractivity contribution < 1.29 is 0 Å². The third-order valence-corrected chi connectivity index (χ3v) is 5.02. The fourth-order valence-corrected chi connectivity index (χ4v) is 3.63. The predicted molar refractivity (Wildman–Crippen MR) is 86.6 cm³/mol. The van der Waals surface area contributed by atoms with E-state index in [0.717, 1.165) is 17.6 Å². The molecule has 20 heavy (non-hydrogen) atoms. The van der Waals surface area contributed by atoms with E-state index in [-0.39, 0.29) is 0 Å². The van der Waals surface area contributed by atoms with Crippen LogP contribution in [0.15, 0.2) is 18.2 Å². The molecule has 0 aromatic heterocycles. The quantitative estimate of drug-likeness (QED) is 0.867. The standard InChI is InChI=1S/C17H25ClN2/c1-3-15-8-4-12(2)20(15)17-9-5-13(10-16(17)18)11-19-14-6-7-14/h5,9-10,12,14-15,19H,3-4,6-8,11H2,1-2H3. The Kier molecular flexibility index (Phi) is 4.23. The molecule has 3 heteroatoms. The summed E-state index contributed by atoms with van der Waals surface area (Å²) in [7, 11) is 0. The summed E-state index contributed by atoms with van der Waals surface area (Å²) in [5, 5.41) is 4.46. The zero-order valence-electron chi connectivity index (χ0n) is 12.5. The van der Waals surface area contributed by atoms with Crippen molar-refractivity contribution >= 4 is 17.3 Å². The molecule has 1 saturated carbocycles. The third-order valence-electron chi connectivity index (χ3n) is 4.72. The van der Waals surface area contributed by atoms with E-state index in [1.807, 2.05) is 0 Å². The molecule has 3 rings (SSSR count). The molecule has 0 spiro atoms. The number of hydrogen-bond acceptors (Lipinski definition) is 2. The Balaban J connectivity index is 1.75. The maximum atomic E-state index is 6.56. The second-order valence-electron chi connectivity index (χ2n) is 6.34. The van der Waals surface area contributed by atoms with Gasteiger partial charge in [0.05, 0.1) is 10.7 Å². The van der Waals surface area contributed by atoms with Gasteiger partial charge in [0, 0.05) is 24.7 Å². The zero-order valence-corrected chi connectivity index (χ0v) is 13.3. The van der Waals surface area contributed by atoms with Crippen LogP contribution < -0.4 is 10.2 Å². The molecular formula is C17H25ClN2. The monoisotopic (exact) mass is 292 g/mol. The van der Waals surface area contributed by atoms with E-state index in [4.69, 9.17) is 11.6 Å². The van der Waals surface area contributed by atoms with Crippen LogP contribution in [-0.4, -0.2) is 18.1 Å². The van der Waals surface area contributed by atoms with Gasteiger partial charge in [-0.05, 0) is 56.7 Å². The SMILES string of the molecule is CCC1CCC(C)N1c1ccc(CNC2CC2)cc1Cl. The van der Waals surface area contributed by atoms with Gasteiger partial charge in [0.25, 0.3) is 0 Å². The number of benzene rings is 1. The van der Waals surface area contributed by atoms with Gasteiger partial charge in [-0.15, -0.1) is 0 Å². The Labute approximate surface area is 127 Å². The molecule has 1 saturated heterocycles.